The molecule has 0 aromatic heterocycles. The lowest BCUT2D eigenvalue weighted by atomic mass is 10.1. The summed E-state index contributed by atoms with van der Waals surface area (Å²) in [4.78, 5) is 12.3. The lowest BCUT2D eigenvalue weighted by molar-refractivity contribution is -0.127. The predicted molar refractivity (Wildman–Crippen MR) is 97.1 cm³/mol. The van der Waals surface area contributed by atoms with E-state index < -0.39 is 6.10 Å². The lowest BCUT2D eigenvalue weighted by Gasteiger charge is -2.15. The third-order valence-electron chi connectivity index (χ3n) is 4.12. The van der Waals surface area contributed by atoms with Gasteiger partial charge in [0.05, 0.1) is 0 Å². The number of benzene rings is 3. The van der Waals surface area contributed by atoms with E-state index in [4.69, 9.17) is 4.74 Å². The summed E-state index contributed by atoms with van der Waals surface area (Å²) in [5, 5.41) is 5.19. The van der Waals surface area contributed by atoms with E-state index in [-0.39, 0.29) is 5.91 Å². The molecule has 0 saturated carbocycles. The zero-order valence-electron chi connectivity index (χ0n) is 14.0. The maximum Gasteiger partial charge on any atom is 0.261 e. The Bertz CT molecular complexity index is 857. The Labute approximate surface area is 142 Å². The molecule has 0 aliphatic carbocycles. The molecule has 0 heterocycles. The molecule has 1 atom stereocenters. The molecule has 0 spiro atoms. The SMILES string of the molecule is Cc1ccccc1CNC(=O)[C@H](C)Oc1ccc2ccccc2c1. The van der Waals surface area contributed by atoms with Gasteiger partial charge in [-0.3, -0.25) is 4.79 Å². The number of amides is 1. The van der Waals surface area contributed by atoms with Crippen LogP contribution >= 0.6 is 0 Å². The average Bonchev–Trinajstić information content (AvgIpc) is 2.60. The Morgan fingerprint density at radius 1 is 1.00 bits per heavy atom. The van der Waals surface area contributed by atoms with Crippen LogP contribution in [0.25, 0.3) is 10.8 Å². The van der Waals surface area contributed by atoms with E-state index in [1.54, 1.807) is 6.92 Å². The monoisotopic (exact) mass is 319 g/mol. The minimum atomic E-state index is -0.546. The van der Waals surface area contributed by atoms with Crippen molar-refractivity contribution < 1.29 is 9.53 Å². The molecule has 1 N–H and O–H groups in total. The van der Waals surface area contributed by atoms with Gasteiger partial charge in [0, 0.05) is 6.54 Å². The molecule has 0 radical (unpaired) electrons. The molecule has 0 bridgehead atoms. The first-order valence-corrected chi connectivity index (χ1v) is 8.11. The van der Waals surface area contributed by atoms with E-state index >= 15 is 0 Å². The van der Waals surface area contributed by atoms with Gasteiger partial charge >= 0.3 is 0 Å². The fourth-order valence-electron chi connectivity index (χ4n) is 2.63. The fourth-order valence-corrected chi connectivity index (χ4v) is 2.63. The first-order chi connectivity index (χ1) is 11.6. The number of carbonyl (C=O) groups is 1. The van der Waals surface area contributed by atoms with Crippen molar-refractivity contribution in [2.24, 2.45) is 0 Å². The lowest BCUT2D eigenvalue weighted by Crippen LogP contribution is -2.36. The van der Waals surface area contributed by atoms with E-state index in [0.29, 0.717) is 12.3 Å². The molecule has 3 aromatic carbocycles. The van der Waals surface area contributed by atoms with Crippen molar-refractivity contribution in [3.8, 4) is 5.75 Å². The molecule has 0 unspecified atom stereocenters. The van der Waals surface area contributed by atoms with Crippen LogP contribution in [0.2, 0.25) is 0 Å². The van der Waals surface area contributed by atoms with E-state index in [2.05, 4.69) is 11.4 Å². The summed E-state index contributed by atoms with van der Waals surface area (Å²) in [5.74, 6) is 0.582. The second-order valence-electron chi connectivity index (χ2n) is 5.91. The quantitative estimate of drug-likeness (QED) is 0.764. The summed E-state index contributed by atoms with van der Waals surface area (Å²) < 4.78 is 5.79. The van der Waals surface area contributed by atoms with Gasteiger partial charge in [-0.05, 0) is 47.9 Å². The van der Waals surface area contributed by atoms with Crippen LogP contribution in [0.5, 0.6) is 5.75 Å². The standard InChI is InChI=1S/C21H21NO2/c1-15-7-3-4-10-19(15)14-22-21(23)16(2)24-20-12-11-17-8-5-6-9-18(17)13-20/h3-13,16H,14H2,1-2H3,(H,22,23)/t16-/m0/s1. The van der Waals surface area contributed by atoms with Gasteiger partial charge in [-0.15, -0.1) is 0 Å². The number of fused-ring (bicyclic) bond motifs is 1. The van der Waals surface area contributed by atoms with Gasteiger partial charge in [0.1, 0.15) is 5.75 Å². The summed E-state index contributed by atoms with van der Waals surface area (Å²) in [6.45, 7) is 4.32. The number of nitrogens with one attached hydrogen (secondary N) is 1. The van der Waals surface area contributed by atoms with Gasteiger partial charge in [0.25, 0.3) is 5.91 Å². The fraction of sp³-hybridized carbons (Fsp3) is 0.190. The number of hydrogen-bond donors (Lipinski definition) is 1. The number of carbonyl (C=O) groups excluding carboxylic acids is 1. The van der Waals surface area contributed by atoms with Crippen LogP contribution < -0.4 is 10.1 Å². The van der Waals surface area contributed by atoms with E-state index in [1.165, 1.54) is 5.56 Å². The molecule has 0 saturated heterocycles. The summed E-state index contributed by atoms with van der Waals surface area (Å²) in [5.41, 5.74) is 2.28. The highest BCUT2D eigenvalue weighted by Crippen LogP contribution is 2.21. The predicted octanol–water partition coefficient (Wildman–Crippen LogP) is 4.23. The summed E-state index contributed by atoms with van der Waals surface area (Å²) >= 11 is 0. The highest BCUT2D eigenvalue weighted by molar-refractivity contribution is 5.84. The van der Waals surface area contributed by atoms with Gasteiger partial charge in [-0.25, -0.2) is 0 Å². The highest BCUT2D eigenvalue weighted by atomic mass is 16.5. The van der Waals surface area contributed by atoms with Gasteiger partial charge < -0.3 is 10.1 Å². The zero-order chi connectivity index (χ0) is 16.9. The van der Waals surface area contributed by atoms with Crippen molar-refractivity contribution in [3.05, 3.63) is 77.9 Å². The van der Waals surface area contributed by atoms with E-state index in [0.717, 1.165) is 16.3 Å². The van der Waals surface area contributed by atoms with Crippen LogP contribution in [0.1, 0.15) is 18.1 Å². The topological polar surface area (TPSA) is 38.3 Å². The molecular formula is C21H21NO2. The van der Waals surface area contributed by atoms with Gasteiger partial charge in [-0.2, -0.15) is 0 Å². The second-order valence-corrected chi connectivity index (χ2v) is 5.91. The van der Waals surface area contributed by atoms with Crippen LogP contribution in [0, 0.1) is 6.92 Å². The van der Waals surface area contributed by atoms with Crippen molar-refractivity contribution >= 4 is 16.7 Å². The molecular weight excluding hydrogens is 298 g/mol. The second kappa shape index (κ2) is 7.18. The van der Waals surface area contributed by atoms with Crippen LogP contribution in [-0.4, -0.2) is 12.0 Å². The summed E-state index contributed by atoms with van der Waals surface area (Å²) in [6.07, 6.45) is -0.546. The average molecular weight is 319 g/mol. The molecule has 3 heteroatoms. The van der Waals surface area contributed by atoms with Crippen molar-refractivity contribution in [1.29, 1.82) is 0 Å². The molecule has 0 fully saturated rings. The molecule has 0 aliphatic rings. The number of ether oxygens (including phenoxy) is 1. The molecule has 3 rings (SSSR count). The van der Waals surface area contributed by atoms with Gasteiger partial charge in [0.15, 0.2) is 6.10 Å². The number of aryl methyl sites for hydroxylation is 1. The van der Waals surface area contributed by atoms with Crippen LogP contribution in [-0.2, 0) is 11.3 Å². The Hall–Kier alpha value is -2.81. The maximum absolute atomic E-state index is 12.3. The molecule has 1 amide bonds. The third kappa shape index (κ3) is 3.74. The smallest absolute Gasteiger partial charge is 0.261 e. The molecule has 24 heavy (non-hydrogen) atoms. The number of rotatable bonds is 5. The first-order valence-electron chi connectivity index (χ1n) is 8.11. The Balaban J connectivity index is 1.61. The Morgan fingerprint density at radius 3 is 2.50 bits per heavy atom. The molecule has 3 nitrogen and oxygen atoms in total. The zero-order valence-corrected chi connectivity index (χ0v) is 14.0. The Morgan fingerprint density at radius 2 is 1.71 bits per heavy atom. The number of hydrogen-bond acceptors (Lipinski definition) is 2. The van der Waals surface area contributed by atoms with Gasteiger partial charge in [0.2, 0.25) is 0 Å². The van der Waals surface area contributed by atoms with E-state index in [9.17, 15) is 4.79 Å². The van der Waals surface area contributed by atoms with Crippen LogP contribution in [0.4, 0.5) is 0 Å². The van der Waals surface area contributed by atoms with E-state index in [1.807, 2.05) is 67.6 Å². The molecule has 3 aromatic rings. The minimum absolute atomic E-state index is 0.119. The van der Waals surface area contributed by atoms with Crippen LogP contribution in [0.3, 0.4) is 0 Å². The maximum atomic E-state index is 12.3. The van der Waals surface area contributed by atoms with Gasteiger partial charge in [-0.1, -0.05) is 54.6 Å². The molecule has 122 valence electrons. The van der Waals surface area contributed by atoms with Crippen molar-refractivity contribution in [2.45, 2.75) is 26.5 Å². The normalized spacial score (nSPS) is 11.9. The van der Waals surface area contributed by atoms with Crippen molar-refractivity contribution in [2.75, 3.05) is 0 Å². The summed E-state index contributed by atoms with van der Waals surface area (Å²) in [6, 6.07) is 22.0. The largest absolute Gasteiger partial charge is 0.481 e. The summed E-state index contributed by atoms with van der Waals surface area (Å²) in [7, 11) is 0. The van der Waals surface area contributed by atoms with Crippen LogP contribution in [0.15, 0.2) is 66.7 Å². The van der Waals surface area contributed by atoms with Crippen molar-refractivity contribution in [1.82, 2.24) is 5.32 Å². The third-order valence-corrected chi connectivity index (χ3v) is 4.12. The minimum Gasteiger partial charge on any atom is -0.481 e. The Kier molecular flexibility index (Phi) is 4.80. The molecule has 0 aliphatic heterocycles. The highest BCUT2D eigenvalue weighted by Gasteiger charge is 2.14. The first kappa shape index (κ1) is 16.1. The van der Waals surface area contributed by atoms with Crippen molar-refractivity contribution in [3.63, 3.8) is 0 Å².